The Hall–Kier alpha value is -1.59. The molecule has 0 heterocycles. The Balaban J connectivity index is 4.28. The van der Waals surface area contributed by atoms with Crippen LogP contribution in [0.1, 0.15) is 291 Å². The lowest BCUT2D eigenvalue weighted by Crippen LogP contribution is -2.30. The molecular weight excluding hydrogens is 733 g/mol. The molecule has 0 spiro atoms. The highest BCUT2D eigenvalue weighted by molar-refractivity contribution is 5.71. The van der Waals surface area contributed by atoms with E-state index in [-0.39, 0.29) is 31.1 Å². The van der Waals surface area contributed by atoms with E-state index in [2.05, 4.69) is 34.6 Å². The maximum absolute atomic E-state index is 12.8. The molecule has 350 valence electrons. The number of carbonyl (C=O) groups excluding carboxylic acids is 3. The first-order valence-electron chi connectivity index (χ1n) is 26.3. The zero-order valence-electron chi connectivity index (χ0n) is 40.4. The molecule has 0 aliphatic rings. The molecule has 0 aliphatic heterocycles. The fourth-order valence-corrected chi connectivity index (χ4v) is 7.96. The fourth-order valence-electron chi connectivity index (χ4n) is 7.96. The Morgan fingerprint density at radius 3 is 0.966 bits per heavy atom. The molecule has 0 N–H and O–H groups in total. The van der Waals surface area contributed by atoms with Gasteiger partial charge in [-0.1, -0.05) is 253 Å². The Morgan fingerprint density at radius 1 is 0.356 bits per heavy atom. The number of ether oxygens (including phenoxy) is 3. The normalized spacial score (nSPS) is 12.5. The van der Waals surface area contributed by atoms with Gasteiger partial charge in [-0.2, -0.15) is 0 Å². The average Bonchev–Trinajstić information content (AvgIpc) is 3.22. The molecule has 0 aromatic rings. The quantitative estimate of drug-likeness (QED) is 0.0345. The first-order valence-corrected chi connectivity index (χ1v) is 26.3. The first-order chi connectivity index (χ1) is 28.8. The van der Waals surface area contributed by atoms with Crippen LogP contribution < -0.4 is 0 Å². The second kappa shape index (κ2) is 45.9. The Labute approximate surface area is 368 Å². The van der Waals surface area contributed by atoms with Gasteiger partial charge in [0.1, 0.15) is 13.2 Å². The fraction of sp³-hybridized carbons (Fsp3) is 0.943. The summed E-state index contributed by atoms with van der Waals surface area (Å²) in [5, 5.41) is 0. The van der Waals surface area contributed by atoms with Crippen molar-refractivity contribution in [3.63, 3.8) is 0 Å². The van der Waals surface area contributed by atoms with Crippen LogP contribution in [0.5, 0.6) is 0 Å². The Kier molecular flexibility index (Phi) is 44.7. The minimum Gasteiger partial charge on any atom is -0.462 e. The standard InChI is InChI=1S/C53H102O6/c1-6-8-9-10-11-12-13-17-21-24-27-33-38-43-51(54)57-46-50(47-58-52(55)44-39-34-30-29-32-37-42-49(5)7-2)59-53(56)45-40-35-28-25-22-19-16-14-15-18-20-23-26-31-36-41-48(3)4/h48-50H,6-47H2,1-5H3/t49?,50-/m1/s1. The summed E-state index contributed by atoms with van der Waals surface area (Å²) in [6.45, 7) is 11.4. The van der Waals surface area contributed by atoms with Gasteiger partial charge in [0.05, 0.1) is 0 Å². The van der Waals surface area contributed by atoms with Gasteiger partial charge in [0.15, 0.2) is 6.10 Å². The van der Waals surface area contributed by atoms with E-state index in [1.54, 1.807) is 0 Å². The van der Waals surface area contributed by atoms with Gasteiger partial charge in [-0.3, -0.25) is 14.4 Å². The van der Waals surface area contributed by atoms with E-state index < -0.39 is 6.10 Å². The van der Waals surface area contributed by atoms with Crippen LogP contribution in [0.15, 0.2) is 0 Å². The van der Waals surface area contributed by atoms with Gasteiger partial charge in [-0.15, -0.1) is 0 Å². The summed E-state index contributed by atoms with van der Waals surface area (Å²) in [6.07, 6.45) is 46.6. The van der Waals surface area contributed by atoms with Gasteiger partial charge in [0, 0.05) is 19.3 Å². The van der Waals surface area contributed by atoms with E-state index >= 15 is 0 Å². The van der Waals surface area contributed by atoms with Crippen molar-refractivity contribution >= 4 is 17.9 Å². The van der Waals surface area contributed by atoms with Crippen molar-refractivity contribution in [2.24, 2.45) is 11.8 Å². The van der Waals surface area contributed by atoms with Crippen molar-refractivity contribution in [2.45, 2.75) is 298 Å². The van der Waals surface area contributed by atoms with Crippen LogP contribution in [0.2, 0.25) is 0 Å². The maximum Gasteiger partial charge on any atom is 0.306 e. The number of hydrogen-bond donors (Lipinski definition) is 0. The zero-order chi connectivity index (χ0) is 43.3. The molecule has 0 radical (unpaired) electrons. The second-order valence-electron chi connectivity index (χ2n) is 18.9. The van der Waals surface area contributed by atoms with E-state index in [1.165, 1.54) is 180 Å². The van der Waals surface area contributed by atoms with E-state index in [0.717, 1.165) is 69.6 Å². The summed E-state index contributed by atoms with van der Waals surface area (Å²) in [5.74, 6) is 0.812. The van der Waals surface area contributed by atoms with Gasteiger partial charge in [-0.25, -0.2) is 0 Å². The molecule has 2 atom stereocenters. The van der Waals surface area contributed by atoms with E-state index in [9.17, 15) is 14.4 Å². The molecule has 0 fully saturated rings. The summed E-state index contributed by atoms with van der Waals surface area (Å²) in [4.78, 5) is 37.9. The van der Waals surface area contributed by atoms with E-state index in [0.29, 0.717) is 19.3 Å². The van der Waals surface area contributed by atoms with Crippen LogP contribution in [0.4, 0.5) is 0 Å². The van der Waals surface area contributed by atoms with Crippen LogP contribution in [-0.4, -0.2) is 37.2 Å². The molecule has 59 heavy (non-hydrogen) atoms. The lowest BCUT2D eigenvalue weighted by atomic mass is 10.00. The van der Waals surface area contributed by atoms with Crippen LogP contribution in [-0.2, 0) is 28.6 Å². The molecule has 0 amide bonds. The third kappa shape index (κ3) is 45.8. The minimum atomic E-state index is -0.762. The minimum absolute atomic E-state index is 0.0641. The number of esters is 3. The third-order valence-corrected chi connectivity index (χ3v) is 12.3. The highest BCUT2D eigenvalue weighted by atomic mass is 16.6. The van der Waals surface area contributed by atoms with Crippen LogP contribution in [0, 0.1) is 11.8 Å². The highest BCUT2D eigenvalue weighted by Crippen LogP contribution is 2.18. The largest absolute Gasteiger partial charge is 0.462 e. The molecule has 1 unspecified atom stereocenters. The summed E-state index contributed by atoms with van der Waals surface area (Å²) < 4.78 is 16.8. The van der Waals surface area contributed by atoms with Gasteiger partial charge >= 0.3 is 17.9 Å². The smallest absolute Gasteiger partial charge is 0.306 e. The Bertz CT molecular complexity index is 902. The molecule has 6 heteroatoms. The van der Waals surface area contributed by atoms with Crippen molar-refractivity contribution in [1.82, 2.24) is 0 Å². The lowest BCUT2D eigenvalue weighted by molar-refractivity contribution is -0.167. The molecule has 0 saturated heterocycles. The maximum atomic E-state index is 12.8. The SMILES string of the molecule is CCCCCCCCCCCCCCCC(=O)OC[C@H](COC(=O)CCCCCCCCC(C)CC)OC(=O)CCCCCCCCCCCCCCCCCC(C)C. The van der Waals surface area contributed by atoms with E-state index in [4.69, 9.17) is 14.2 Å². The predicted molar refractivity (Wildman–Crippen MR) is 252 cm³/mol. The van der Waals surface area contributed by atoms with Crippen molar-refractivity contribution in [3.05, 3.63) is 0 Å². The number of hydrogen-bond acceptors (Lipinski definition) is 6. The zero-order valence-corrected chi connectivity index (χ0v) is 40.4. The van der Waals surface area contributed by atoms with Gasteiger partial charge in [-0.05, 0) is 31.1 Å². The lowest BCUT2D eigenvalue weighted by Gasteiger charge is -2.18. The second-order valence-corrected chi connectivity index (χ2v) is 18.9. The van der Waals surface area contributed by atoms with Gasteiger partial charge in [0.25, 0.3) is 0 Å². The molecular formula is C53H102O6. The van der Waals surface area contributed by atoms with Crippen molar-refractivity contribution in [2.75, 3.05) is 13.2 Å². The van der Waals surface area contributed by atoms with Crippen molar-refractivity contribution in [3.8, 4) is 0 Å². The summed E-state index contributed by atoms with van der Waals surface area (Å²) in [6, 6.07) is 0. The molecule has 0 aromatic carbocycles. The molecule has 0 saturated carbocycles. The topological polar surface area (TPSA) is 78.9 Å². The highest BCUT2D eigenvalue weighted by Gasteiger charge is 2.19. The molecule has 0 rings (SSSR count). The molecule has 0 bridgehead atoms. The number of unbranched alkanes of at least 4 members (excludes halogenated alkanes) is 31. The number of rotatable bonds is 47. The summed E-state index contributed by atoms with van der Waals surface area (Å²) in [7, 11) is 0. The molecule has 0 aromatic heterocycles. The van der Waals surface area contributed by atoms with Gasteiger partial charge in [0.2, 0.25) is 0 Å². The van der Waals surface area contributed by atoms with Crippen LogP contribution in [0.3, 0.4) is 0 Å². The number of carbonyl (C=O) groups is 3. The van der Waals surface area contributed by atoms with E-state index in [1.807, 2.05) is 0 Å². The van der Waals surface area contributed by atoms with Crippen LogP contribution in [0.25, 0.3) is 0 Å². The monoisotopic (exact) mass is 835 g/mol. The van der Waals surface area contributed by atoms with Crippen LogP contribution >= 0.6 is 0 Å². The summed E-state index contributed by atoms with van der Waals surface area (Å²) >= 11 is 0. The molecule has 0 aliphatic carbocycles. The van der Waals surface area contributed by atoms with Gasteiger partial charge < -0.3 is 14.2 Å². The Morgan fingerprint density at radius 2 is 0.644 bits per heavy atom. The van der Waals surface area contributed by atoms with Crippen molar-refractivity contribution in [1.29, 1.82) is 0 Å². The average molecular weight is 835 g/mol. The predicted octanol–water partition coefficient (Wildman–Crippen LogP) is 16.9. The van der Waals surface area contributed by atoms with Crippen molar-refractivity contribution < 1.29 is 28.6 Å². The molecule has 6 nitrogen and oxygen atoms in total. The summed E-state index contributed by atoms with van der Waals surface area (Å²) in [5.41, 5.74) is 0. The first kappa shape index (κ1) is 57.4. The third-order valence-electron chi connectivity index (χ3n) is 12.3.